The first-order valence-corrected chi connectivity index (χ1v) is 12.6. The van der Waals surface area contributed by atoms with Gasteiger partial charge in [-0.25, -0.2) is 8.42 Å². The second kappa shape index (κ2) is 9.25. The molecule has 1 atom stereocenters. The van der Waals surface area contributed by atoms with Crippen LogP contribution in [0.2, 0.25) is 0 Å². The zero-order chi connectivity index (χ0) is 21.0. The highest BCUT2D eigenvalue weighted by Crippen LogP contribution is 2.41. The van der Waals surface area contributed by atoms with Crippen LogP contribution in [0.1, 0.15) is 29.0 Å². The van der Waals surface area contributed by atoms with Crippen molar-refractivity contribution in [3.8, 4) is 5.75 Å². The van der Waals surface area contributed by atoms with Gasteiger partial charge in [0.1, 0.15) is 12.4 Å². The van der Waals surface area contributed by atoms with Crippen LogP contribution in [0.3, 0.4) is 0 Å². The molecule has 6 heteroatoms. The maximum atomic E-state index is 13.2. The molecule has 0 spiro atoms. The summed E-state index contributed by atoms with van der Waals surface area (Å²) in [5, 5.41) is -0.218. The van der Waals surface area contributed by atoms with Crippen LogP contribution in [0.15, 0.2) is 83.8 Å². The molecule has 30 heavy (non-hydrogen) atoms. The smallest absolute Gasteiger partial charge is 0.244 e. The highest BCUT2D eigenvalue weighted by Gasteiger charge is 2.36. The van der Waals surface area contributed by atoms with Crippen LogP contribution in [0.5, 0.6) is 5.75 Å². The highest BCUT2D eigenvalue weighted by molar-refractivity contribution is 8.01. The van der Waals surface area contributed by atoms with Crippen LogP contribution in [0.4, 0.5) is 0 Å². The zero-order valence-electron chi connectivity index (χ0n) is 16.9. The van der Waals surface area contributed by atoms with E-state index in [-0.39, 0.29) is 5.37 Å². The number of sulfonamides is 1. The lowest BCUT2D eigenvalue weighted by molar-refractivity contribution is 0.306. The maximum Gasteiger partial charge on any atom is 0.244 e. The molecule has 1 aliphatic heterocycles. The zero-order valence-corrected chi connectivity index (χ0v) is 18.5. The van der Waals surface area contributed by atoms with E-state index in [0.717, 1.165) is 34.6 Å². The summed E-state index contributed by atoms with van der Waals surface area (Å²) in [5.74, 6) is 1.55. The van der Waals surface area contributed by atoms with Gasteiger partial charge in [-0.3, -0.25) is 0 Å². The van der Waals surface area contributed by atoms with Crippen molar-refractivity contribution in [3.63, 3.8) is 0 Å². The Balaban J connectivity index is 1.48. The van der Waals surface area contributed by atoms with E-state index in [0.29, 0.717) is 18.0 Å². The molecular weight excluding hydrogens is 414 g/mol. The number of nitrogens with zero attached hydrogens (tertiary/aromatic N) is 1. The molecule has 0 N–H and O–H groups in total. The van der Waals surface area contributed by atoms with Crippen molar-refractivity contribution in [2.45, 2.75) is 30.2 Å². The van der Waals surface area contributed by atoms with Gasteiger partial charge in [0.15, 0.2) is 0 Å². The van der Waals surface area contributed by atoms with Crippen molar-refractivity contribution in [1.29, 1.82) is 0 Å². The second-order valence-corrected chi connectivity index (χ2v) is 10.3. The van der Waals surface area contributed by atoms with Crippen LogP contribution in [-0.4, -0.2) is 25.0 Å². The quantitative estimate of drug-likeness (QED) is 0.503. The van der Waals surface area contributed by atoms with Gasteiger partial charge in [0.2, 0.25) is 10.0 Å². The summed E-state index contributed by atoms with van der Waals surface area (Å²) in [5.41, 5.74) is 3.21. The Kier molecular flexibility index (Phi) is 6.46. The van der Waals surface area contributed by atoms with Crippen molar-refractivity contribution in [1.82, 2.24) is 4.31 Å². The lowest BCUT2D eigenvalue weighted by atomic mass is 10.2. The van der Waals surface area contributed by atoms with Crippen molar-refractivity contribution < 1.29 is 13.2 Å². The van der Waals surface area contributed by atoms with Gasteiger partial charge in [0.05, 0.1) is 10.3 Å². The van der Waals surface area contributed by atoms with Crippen LogP contribution in [0.25, 0.3) is 0 Å². The van der Waals surface area contributed by atoms with Gasteiger partial charge < -0.3 is 4.74 Å². The molecule has 0 aliphatic carbocycles. The lowest BCUT2D eigenvalue weighted by Gasteiger charge is -2.24. The summed E-state index contributed by atoms with van der Waals surface area (Å²) in [4.78, 5) is 0.356. The molecule has 0 saturated carbocycles. The molecule has 0 radical (unpaired) electrons. The third-order valence-electron chi connectivity index (χ3n) is 5.20. The molecule has 0 aromatic heterocycles. The third-order valence-corrected chi connectivity index (χ3v) is 8.47. The predicted octanol–water partition coefficient (Wildman–Crippen LogP) is 5.26. The second-order valence-electron chi connectivity index (χ2n) is 7.18. The summed E-state index contributed by atoms with van der Waals surface area (Å²) in [7, 11) is -3.54. The monoisotopic (exact) mass is 439 g/mol. The average molecular weight is 440 g/mol. The first-order chi connectivity index (χ1) is 14.6. The molecule has 0 amide bonds. The average Bonchev–Trinajstić information content (AvgIpc) is 3.30. The SMILES string of the molecule is CCc1ccc(S(=O)(=O)N2CCS[C@H]2c2ccc(OCc3ccccc3)cc2)cc1. The first-order valence-electron chi connectivity index (χ1n) is 10.1. The molecule has 3 aromatic rings. The van der Waals surface area contributed by atoms with E-state index in [1.54, 1.807) is 28.2 Å². The largest absolute Gasteiger partial charge is 0.489 e. The maximum absolute atomic E-state index is 13.2. The standard InChI is InChI=1S/C24H25NO3S2/c1-2-19-8-14-23(15-9-19)30(26,27)25-16-17-29-24(25)21-10-12-22(13-11-21)28-18-20-6-4-3-5-7-20/h3-15,24H,2,16-18H2,1H3/t24-/m0/s1. The number of thioether (sulfide) groups is 1. The summed E-state index contributed by atoms with van der Waals surface area (Å²) >= 11 is 1.65. The predicted molar refractivity (Wildman–Crippen MR) is 122 cm³/mol. The Bertz CT molecular complexity index is 1070. The van der Waals surface area contributed by atoms with Crippen molar-refractivity contribution >= 4 is 21.8 Å². The number of aryl methyl sites for hydroxylation is 1. The Morgan fingerprint density at radius 2 is 1.63 bits per heavy atom. The molecular formula is C24H25NO3S2. The van der Waals surface area contributed by atoms with E-state index in [4.69, 9.17) is 4.74 Å². The highest BCUT2D eigenvalue weighted by atomic mass is 32.2. The van der Waals surface area contributed by atoms with Crippen molar-refractivity contribution in [2.24, 2.45) is 0 Å². The van der Waals surface area contributed by atoms with Gasteiger partial charge in [0.25, 0.3) is 0 Å². The molecule has 3 aromatic carbocycles. The molecule has 1 aliphatic rings. The number of rotatable bonds is 7. The molecule has 0 unspecified atom stereocenters. The van der Waals surface area contributed by atoms with E-state index in [1.165, 1.54) is 0 Å². The lowest BCUT2D eigenvalue weighted by Crippen LogP contribution is -2.30. The Hall–Kier alpha value is -2.28. The minimum atomic E-state index is -3.54. The summed E-state index contributed by atoms with van der Waals surface area (Å²) < 4.78 is 33.9. The molecule has 1 heterocycles. The number of hydrogen-bond donors (Lipinski definition) is 0. The van der Waals surface area contributed by atoms with Gasteiger partial charge in [-0.2, -0.15) is 4.31 Å². The molecule has 1 fully saturated rings. The first kappa shape index (κ1) is 21.0. The van der Waals surface area contributed by atoms with E-state index in [2.05, 4.69) is 6.92 Å². The van der Waals surface area contributed by atoms with Crippen molar-refractivity contribution in [2.75, 3.05) is 12.3 Å². The molecule has 4 rings (SSSR count). The molecule has 4 nitrogen and oxygen atoms in total. The summed E-state index contributed by atoms with van der Waals surface area (Å²) in [6, 6.07) is 25.0. The topological polar surface area (TPSA) is 46.6 Å². The fourth-order valence-electron chi connectivity index (χ4n) is 3.47. The van der Waals surface area contributed by atoms with Crippen LogP contribution < -0.4 is 4.74 Å². The molecule has 1 saturated heterocycles. The Morgan fingerprint density at radius 1 is 0.933 bits per heavy atom. The van der Waals surface area contributed by atoms with Crippen LogP contribution in [0, 0.1) is 0 Å². The normalized spacial score (nSPS) is 17.2. The Morgan fingerprint density at radius 3 is 2.30 bits per heavy atom. The van der Waals surface area contributed by atoms with E-state index in [1.807, 2.05) is 66.7 Å². The van der Waals surface area contributed by atoms with Gasteiger partial charge >= 0.3 is 0 Å². The minimum Gasteiger partial charge on any atom is -0.489 e. The van der Waals surface area contributed by atoms with E-state index in [9.17, 15) is 8.42 Å². The number of ether oxygens (including phenoxy) is 1. The Labute approximate surface area is 182 Å². The fraction of sp³-hybridized carbons (Fsp3) is 0.250. The van der Waals surface area contributed by atoms with Crippen LogP contribution in [-0.2, 0) is 23.1 Å². The molecule has 0 bridgehead atoms. The van der Waals surface area contributed by atoms with Gasteiger partial charge in [-0.1, -0.05) is 61.5 Å². The fourth-order valence-corrected chi connectivity index (χ4v) is 6.71. The summed E-state index contributed by atoms with van der Waals surface area (Å²) in [6.07, 6.45) is 0.890. The third kappa shape index (κ3) is 4.56. The summed E-state index contributed by atoms with van der Waals surface area (Å²) in [6.45, 7) is 3.08. The van der Waals surface area contributed by atoms with E-state index >= 15 is 0 Å². The van der Waals surface area contributed by atoms with Gasteiger partial charge in [0, 0.05) is 12.3 Å². The van der Waals surface area contributed by atoms with Crippen LogP contribution >= 0.6 is 11.8 Å². The van der Waals surface area contributed by atoms with Gasteiger partial charge in [-0.15, -0.1) is 11.8 Å². The minimum absolute atomic E-state index is 0.218. The number of benzene rings is 3. The molecule has 156 valence electrons. The van der Waals surface area contributed by atoms with Gasteiger partial charge in [-0.05, 0) is 47.4 Å². The number of hydrogen-bond acceptors (Lipinski definition) is 4. The van der Waals surface area contributed by atoms with Crippen molar-refractivity contribution in [3.05, 3.63) is 95.6 Å². The van der Waals surface area contributed by atoms with E-state index < -0.39 is 10.0 Å².